The molecule has 0 bridgehead atoms. The van der Waals surface area contributed by atoms with Crippen LogP contribution in [0.4, 0.5) is 4.79 Å². The molecule has 0 aromatic carbocycles. The van der Waals surface area contributed by atoms with Gasteiger partial charge >= 0.3 is 12.0 Å². The Morgan fingerprint density at radius 1 is 1.42 bits per heavy atom. The van der Waals surface area contributed by atoms with E-state index in [9.17, 15) is 14.4 Å². The van der Waals surface area contributed by atoms with E-state index in [1.807, 2.05) is 5.32 Å². The second kappa shape index (κ2) is 7.00. The van der Waals surface area contributed by atoms with E-state index in [2.05, 4.69) is 16.6 Å². The number of furan rings is 1. The highest BCUT2D eigenvalue weighted by atomic mass is 16.5. The highest BCUT2D eigenvalue weighted by Crippen LogP contribution is 2.07. The average Bonchev–Trinajstić information content (AvgIpc) is 2.80. The number of carbonyl (C=O) groups excluding carboxylic acids is 3. The van der Waals surface area contributed by atoms with Gasteiger partial charge in [0.2, 0.25) is 5.76 Å². The molecule has 0 saturated heterocycles. The van der Waals surface area contributed by atoms with Crippen molar-refractivity contribution < 1.29 is 23.5 Å². The molecule has 0 aliphatic heterocycles. The molecule has 0 aliphatic rings. The number of imide groups is 1. The van der Waals surface area contributed by atoms with Crippen molar-refractivity contribution in [2.45, 2.75) is 6.92 Å². The number of esters is 1. The van der Waals surface area contributed by atoms with Gasteiger partial charge in [-0.15, -0.1) is 6.58 Å². The molecule has 0 fully saturated rings. The monoisotopic (exact) mass is 266 g/mol. The summed E-state index contributed by atoms with van der Waals surface area (Å²) in [6, 6.07) is 2.35. The van der Waals surface area contributed by atoms with Crippen molar-refractivity contribution in [3.63, 3.8) is 0 Å². The Morgan fingerprint density at radius 2 is 2.16 bits per heavy atom. The second-order valence-corrected chi connectivity index (χ2v) is 3.53. The molecule has 0 unspecified atom stereocenters. The Balaban J connectivity index is 2.32. The number of amides is 3. The summed E-state index contributed by atoms with van der Waals surface area (Å²) in [6.07, 6.45) is 1.46. The molecule has 3 amide bonds. The lowest BCUT2D eigenvalue weighted by Crippen LogP contribution is -2.41. The SMILES string of the molecule is C=CCNC(=O)NC(=O)COC(=O)c1ccc(C)o1. The molecule has 7 nitrogen and oxygen atoms in total. The van der Waals surface area contributed by atoms with Crippen LogP contribution < -0.4 is 10.6 Å². The van der Waals surface area contributed by atoms with Crippen LogP contribution in [0.5, 0.6) is 0 Å². The maximum absolute atomic E-state index is 11.4. The van der Waals surface area contributed by atoms with Crippen LogP contribution >= 0.6 is 0 Å². The van der Waals surface area contributed by atoms with E-state index in [0.717, 1.165) is 0 Å². The third-order valence-electron chi connectivity index (χ3n) is 1.94. The summed E-state index contributed by atoms with van der Waals surface area (Å²) in [6.45, 7) is 4.73. The first-order valence-electron chi connectivity index (χ1n) is 5.45. The Hall–Kier alpha value is -2.57. The van der Waals surface area contributed by atoms with Gasteiger partial charge in [-0.1, -0.05) is 6.08 Å². The fraction of sp³-hybridized carbons (Fsp3) is 0.250. The lowest BCUT2D eigenvalue weighted by atomic mass is 10.4. The van der Waals surface area contributed by atoms with E-state index in [1.54, 1.807) is 13.0 Å². The number of urea groups is 1. The summed E-state index contributed by atoms with van der Waals surface area (Å²) in [7, 11) is 0. The first kappa shape index (κ1) is 14.5. The van der Waals surface area contributed by atoms with Crippen LogP contribution in [0.2, 0.25) is 0 Å². The maximum atomic E-state index is 11.4. The van der Waals surface area contributed by atoms with Gasteiger partial charge in [0.15, 0.2) is 6.61 Å². The summed E-state index contributed by atoms with van der Waals surface area (Å²) in [5.41, 5.74) is 0. The number of aryl methyl sites for hydroxylation is 1. The smallest absolute Gasteiger partial charge is 0.374 e. The van der Waals surface area contributed by atoms with Crippen LogP contribution in [-0.4, -0.2) is 31.1 Å². The van der Waals surface area contributed by atoms with Crippen molar-refractivity contribution in [1.82, 2.24) is 10.6 Å². The van der Waals surface area contributed by atoms with Crippen molar-refractivity contribution >= 4 is 17.9 Å². The summed E-state index contributed by atoms with van der Waals surface area (Å²) in [4.78, 5) is 33.7. The van der Waals surface area contributed by atoms with Gasteiger partial charge in [0, 0.05) is 6.54 Å². The number of carbonyl (C=O) groups is 3. The topological polar surface area (TPSA) is 97.6 Å². The van der Waals surface area contributed by atoms with Crippen molar-refractivity contribution in [2.24, 2.45) is 0 Å². The maximum Gasteiger partial charge on any atom is 0.374 e. The van der Waals surface area contributed by atoms with E-state index in [0.29, 0.717) is 5.76 Å². The molecular formula is C12H14N2O5. The molecule has 0 aliphatic carbocycles. The van der Waals surface area contributed by atoms with Gasteiger partial charge in [-0.3, -0.25) is 10.1 Å². The molecule has 1 aromatic heterocycles. The zero-order chi connectivity index (χ0) is 14.3. The number of hydrogen-bond acceptors (Lipinski definition) is 5. The van der Waals surface area contributed by atoms with Crippen molar-refractivity contribution in [3.05, 3.63) is 36.3 Å². The summed E-state index contributed by atoms with van der Waals surface area (Å²) >= 11 is 0. The molecule has 19 heavy (non-hydrogen) atoms. The molecule has 1 heterocycles. The highest BCUT2D eigenvalue weighted by Gasteiger charge is 2.14. The molecule has 0 atom stereocenters. The number of hydrogen-bond donors (Lipinski definition) is 2. The molecule has 102 valence electrons. The summed E-state index contributed by atoms with van der Waals surface area (Å²) in [5, 5.41) is 4.32. The minimum atomic E-state index is -0.769. The molecule has 2 N–H and O–H groups in total. The van der Waals surface area contributed by atoms with Gasteiger partial charge in [0.1, 0.15) is 5.76 Å². The Labute approximate surface area is 109 Å². The number of nitrogens with one attached hydrogen (secondary N) is 2. The van der Waals surface area contributed by atoms with Crippen molar-refractivity contribution in [1.29, 1.82) is 0 Å². The fourth-order valence-corrected chi connectivity index (χ4v) is 1.12. The fourth-order valence-electron chi connectivity index (χ4n) is 1.12. The van der Waals surface area contributed by atoms with E-state index >= 15 is 0 Å². The van der Waals surface area contributed by atoms with Crippen LogP contribution in [0.1, 0.15) is 16.3 Å². The van der Waals surface area contributed by atoms with E-state index in [4.69, 9.17) is 4.42 Å². The normalized spacial score (nSPS) is 9.53. The first-order valence-corrected chi connectivity index (χ1v) is 5.45. The van der Waals surface area contributed by atoms with Gasteiger partial charge in [-0.25, -0.2) is 9.59 Å². The molecule has 1 aromatic rings. The summed E-state index contributed by atoms with van der Waals surface area (Å²) < 4.78 is 9.68. The van der Waals surface area contributed by atoms with Crippen molar-refractivity contribution in [2.75, 3.05) is 13.2 Å². The molecule has 0 spiro atoms. The quantitative estimate of drug-likeness (QED) is 0.605. The van der Waals surface area contributed by atoms with Gasteiger partial charge in [-0.2, -0.15) is 0 Å². The van der Waals surface area contributed by atoms with Gasteiger partial charge < -0.3 is 14.5 Å². The van der Waals surface area contributed by atoms with E-state index in [-0.39, 0.29) is 12.3 Å². The molecule has 7 heteroatoms. The van der Waals surface area contributed by atoms with Crippen LogP contribution in [0.25, 0.3) is 0 Å². The minimum Gasteiger partial charge on any atom is -0.454 e. The van der Waals surface area contributed by atoms with Gasteiger partial charge in [0.05, 0.1) is 0 Å². The molecule has 1 rings (SSSR count). The van der Waals surface area contributed by atoms with E-state index in [1.165, 1.54) is 12.1 Å². The largest absolute Gasteiger partial charge is 0.454 e. The zero-order valence-electron chi connectivity index (χ0n) is 10.4. The van der Waals surface area contributed by atoms with E-state index < -0.39 is 24.5 Å². The second-order valence-electron chi connectivity index (χ2n) is 3.53. The Morgan fingerprint density at radius 3 is 2.74 bits per heavy atom. The zero-order valence-corrected chi connectivity index (χ0v) is 10.4. The lowest BCUT2D eigenvalue weighted by Gasteiger charge is -2.05. The third-order valence-corrected chi connectivity index (χ3v) is 1.94. The molecular weight excluding hydrogens is 252 g/mol. The number of rotatable bonds is 5. The minimum absolute atomic E-state index is 0.00130. The summed E-state index contributed by atoms with van der Waals surface area (Å²) in [5.74, 6) is -0.949. The van der Waals surface area contributed by atoms with Crippen LogP contribution in [0.15, 0.2) is 29.2 Å². The predicted molar refractivity (Wildman–Crippen MR) is 65.5 cm³/mol. The molecule has 0 saturated carbocycles. The predicted octanol–water partition coefficient (Wildman–Crippen LogP) is 0.757. The van der Waals surface area contributed by atoms with Crippen LogP contribution in [-0.2, 0) is 9.53 Å². The van der Waals surface area contributed by atoms with Gasteiger partial charge in [-0.05, 0) is 19.1 Å². The standard InChI is InChI=1S/C12H14N2O5/c1-3-6-13-12(17)14-10(15)7-18-11(16)9-5-4-8(2)19-9/h3-5H,1,6-7H2,2H3,(H2,13,14,15,17). The average molecular weight is 266 g/mol. The van der Waals surface area contributed by atoms with Gasteiger partial charge in [0.25, 0.3) is 5.91 Å². The molecule has 0 radical (unpaired) electrons. The van der Waals surface area contributed by atoms with Crippen molar-refractivity contribution in [3.8, 4) is 0 Å². The highest BCUT2D eigenvalue weighted by molar-refractivity contribution is 5.96. The lowest BCUT2D eigenvalue weighted by molar-refractivity contribution is -0.123. The Bertz CT molecular complexity index is 492. The Kier molecular flexibility index (Phi) is 5.34. The van der Waals surface area contributed by atoms with Crippen LogP contribution in [0, 0.1) is 6.92 Å². The van der Waals surface area contributed by atoms with Crippen LogP contribution in [0.3, 0.4) is 0 Å². The number of ether oxygens (including phenoxy) is 1. The third kappa shape index (κ3) is 5.07. The first-order chi connectivity index (χ1) is 9.02.